The molecular formula is C27H22ClF3N4O3. The van der Waals surface area contributed by atoms with E-state index in [1.54, 1.807) is 29.2 Å². The highest BCUT2D eigenvalue weighted by Crippen LogP contribution is 2.38. The molecule has 0 spiro atoms. The Kier molecular flexibility index (Phi) is 7.60. The lowest BCUT2D eigenvalue weighted by atomic mass is 9.93. The summed E-state index contributed by atoms with van der Waals surface area (Å²) in [5, 5.41) is 9.48. The van der Waals surface area contributed by atoms with Crippen LogP contribution in [0.25, 0.3) is 0 Å². The number of carbonyl (C=O) groups excluding carboxylic acids is 2. The largest absolute Gasteiger partial charge is 0.496 e. The summed E-state index contributed by atoms with van der Waals surface area (Å²) in [6.45, 7) is 0.385. The van der Waals surface area contributed by atoms with E-state index in [4.69, 9.17) is 21.6 Å². The van der Waals surface area contributed by atoms with Crippen LogP contribution in [0.4, 0.5) is 13.2 Å². The van der Waals surface area contributed by atoms with Gasteiger partial charge in [-0.05, 0) is 48.0 Å². The maximum Gasteiger partial charge on any atom is 0.419 e. The zero-order chi connectivity index (χ0) is 27.6. The van der Waals surface area contributed by atoms with Gasteiger partial charge < -0.3 is 14.5 Å². The van der Waals surface area contributed by atoms with Gasteiger partial charge in [0.2, 0.25) is 0 Å². The summed E-state index contributed by atoms with van der Waals surface area (Å²) in [6, 6.07) is 14.5. The minimum absolute atomic E-state index is 0.136. The zero-order valence-corrected chi connectivity index (χ0v) is 21.1. The number of hydrogen-bond acceptors (Lipinski definition) is 5. The van der Waals surface area contributed by atoms with Crippen LogP contribution in [0.3, 0.4) is 0 Å². The highest BCUT2D eigenvalue weighted by atomic mass is 35.5. The topological polar surface area (TPSA) is 86.5 Å². The first kappa shape index (κ1) is 26.9. The zero-order valence-electron chi connectivity index (χ0n) is 20.4. The van der Waals surface area contributed by atoms with Crippen molar-refractivity contribution in [3.8, 4) is 11.8 Å². The third kappa shape index (κ3) is 5.43. The first-order chi connectivity index (χ1) is 18.0. The molecule has 0 bridgehead atoms. The van der Waals surface area contributed by atoms with E-state index in [-0.39, 0.29) is 47.5 Å². The summed E-state index contributed by atoms with van der Waals surface area (Å²) in [5.41, 5.74) is 0.0565. The minimum Gasteiger partial charge on any atom is -0.496 e. The van der Waals surface area contributed by atoms with Crippen LogP contribution in [0.15, 0.2) is 60.8 Å². The summed E-state index contributed by atoms with van der Waals surface area (Å²) >= 11 is 6.05. The second-order valence-electron chi connectivity index (χ2n) is 8.81. The number of methoxy groups -OCH3 is 1. The molecule has 4 rings (SSSR count). The second-order valence-corrected chi connectivity index (χ2v) is 9.24. The van der Waals surface area contributed by atoms with Crippen LogP contribution in [0.1, 0.15) is 43.5 Å². The average Bonchev–Trinajstić information content (AvgIpc) is 3.37. The number of ether oxygens (including phenoxy) is 1. The molecule has 0 saturated carbocycles. The molecule has 2 heterocycles. The van der Waals surface area contributed by atoms with Crippen molar-refractivity contribution in [1.29, 1.82) is 5.26 Å². The Labute approximate surface area is 222 Å². The van der Waals surface area contributed by atoms with E-state index in [1.165, 1.54) is 36.3 Å². The van der Waals surface area contributed by atoms with Gasteiger partial charge in [0.15, 0.2) is 0 Å². The number of halogens is 4. The molecule has 1 aliphatic rings. The van der Waals surface area contributed by atoms with Gasteiger partial charge in [0.1, 0.15) is 17.5 Å². The van der Waals surface area contributed by atoms with Gasteiger partial charge in [0, 0.05) is 42.8 Å². The fourth-order valence-corrected chi connectivity index (χ4v) is 4.69. The van der Waals surface area contributed by atoms with Crippen LogP contribution in [-0.4, -0.2) is 59.9 Å². The molecule has 2 aromatic carbocycles. The van der Waals surface area contributed by atoms with E-state index in [0.29, 0.717) is 5.02 Å². The van der Waals surface area contributed by atoms with Crippen LogP contribution in [-0.2, 0) is 6.18 Å². The Morgan fingerprint density at radius 2 is 1.79 bits per heavy atom. The minimum atomic E-state index is -4.71. The lowest BCUT2D eigenvalue weighted by Gasteiger charge is -2.29. The molecule has 1 aromatic heterocycles. The fourth-order valence-electron chi connectivity index (χ4n) is 4.57. The Hall–Kier alpha value is -4.10. The summed E-state index contributed by atoms with van der Waals surface area (Å²) in [5.74, 6) is -1.69. The quantitative estimate of drug-likeness (QED) is 0.452. The molecule has 196 valence electrons. The molecule has 38 heavy (non-hydrogen) atoms. The standard InChI is InChI=1S/C27H22ClF3N4O3/c1-34(25(36)17-6-10-24(38-2)22(11-17)27(29,30)31)23-15-35(14-21(23)16-3-7-19(28)8-4-16)26(37)18-5-9-20(12-32)33-13-18/h3-11,13,21,23H,14-15H2,1-2H3. The van der Waals surface area contributed by atoms with Crippen LogP contribution < -0.4 is 4.74 Å². The number of aromatic nitrogens is 1. The number of likely N-dealkylation sites (N-methyl/N-ethyl adjacent to an activating group) is 1. The predicted octanol–water partition coefficient (Wildman–Crippen LogP) is 5.01. The molecule has 3 aromatic rings. The summed E-state index contributed by atoms with van der Waals surface area (Å²) in [4.78, 5) is 33.5. The number of hydrogen-bond donors (Lipinski definition) is 0. The monoisotopic (exact) mass is 542 g/mol. The van der Waals surface area contributed by atoms with Crippen molar-refractivity contribution in [2.75, 3.05) is 27.2 Å². The van der Waals surface area contributed by atoms with Crippen LogP contribution in [0.2, 0.25) is 5.02 Å². The number of amides is 2. The third-order valence-electron chi connectivity index (χ3n) is 6.57. The second kappa shape index (κ2) is 10.7. The van der Waals surface area contributed by atoms with Gasteiger partial charge in [0.25, 0.3) is 11.8 Å². The SMILES string of the molecule is COc1ccc(C(=O)N(C)C2CN(C(=O)c3ccc(C#N)nc3)CC2c2ccc(Cl)cc2)cc1C(F)(F)F. The first-order valence-electron chi connectivity index (χ1n) is 11.5. The van der Waals surface area contributed by atoms with E-state index >= 15 is 0 Å². The van der Waals surface area contributed by atoms with E-state index in [1.807, 2.05) is 6.07 Å². The Bertz CT molecular complexity index is 1390. The molecular weight excluding hydrogens is 521 g/mol. The lowest BCUT2D eigenvalue weighted by Crippen LogP contribution is -2.42. The fraction of sp³-hybridized carbons (Fsp3) is 0.259. The van der Waals surface area contributed by atoms with E-state index in [0.717, 1.165) is 24.8 Å². The van der Waals surface area contributed by atoms with Crippen LogP contribution in [0.5, 0.6) is 5.75 Å². The highest BCUT2D eigenvalue weighted by molar-refractivity contribution is 6.30. The summed E-state index contributed by atoms with van der Waals surface area (Å²) in [7, 11) is 2.63. The van der Waals surface area contributed by atoms with Gasteiger partial charge in [-0.15, -0.1) is 0 Å². The Morgan fingerprint density at radius 3 is 2.37 bits per heavy atom. The van der Waals surface area contributed by atoms with Crippen molar-refractivity contribution in [2.45, 2.75) is 18.1 Å². The van der Waals surface area contributed by atoms with Crippen molar-refractivity contribution in [1.82, 2.24) is 14.8 Å². The smallest absolute Gasteiger partial charge is 0.419 e. The molecule has 0 N–H and O–H groups in total. The van der Waals surface area contributed by atoms with Gasteiger partial charge in [0.05, 0.1) is 24.3 Å². The number of benzene rings is 2. The molecule has 1 aliphatic heterocycles. The Morgan fingerprint density at radius 1 is 1.11 bits per heavy atom. The molecule has 11 heteroatoms. The maximum absolute atomic E-state index is 13.6. The number of rotatable bonds is 5. The van der Waals surface area contributed by atoms with Crippen molar-refractivity contribution in [3.05, 3.63) is 93.8 Å². The molecule has 0 radical (unpaired) electrons. The van der Waals surface area contributed by atoms with Gasteiger partial charge in [-0.2, -0.15) is 18.4 Å². The normalized spacial score (nSPS) is 17.1. The van der Waals surface area contributed by atoms with E-state index in [2.05, 4.69) is 4.98 Å². The van der Waals surface area contributed by atoms with Crippen molar-refractivity contribution in [2.24, 2.45) is 0 Å². The van der Waals surface area contributed by atoms with Gasteiger partial charge in [-0.25, -0.2) is 4.98 Å². The number of nitriles is 1. The van der Waals surface area contributed by atoms with Crippen molar-refractivity contribution >= 4 is 23.4 Å². The summed E-state index contributed by atoms with van der Waals surface area (Å²) < 4.78 is 45.5. The van der Waals surface area contributed by atoms with Gasteiger partial charge >= 0.3 is 6.18 Å². The number of alkyl halides is 3. The Balaban J connectivity index is 1.66. The van der Waals surface area contributed by atoms with E-state index in [9.17, 15) is 22.8 Å². The van der Waals surface area contributed by atoms with Crippen molar-refractivity contribution in [3.63, 3.8) is 0 Å². The predicted molar refractivity (Wildman–Crippen MR) is 133 cm³/mol. The molecule has 1 saturated heterocycles. The molecule has 2 amide bonds. The molecule has 2 unspecified atom stereocenters. The van der Waals surface area contributed by atoms with Crippen molar-refractivity contribution < 1.29 is 27.5 Å². The number of nitrogens with zero attached hydrogens (tertiary/aromatic N) is 4. The van der Waals surface area contributed by atoms with Gasteiger partial charge in [-0.3, -0.25) is 9.59 Å². The maximum atomic E-state index is 13.6. The van der Waals surface area contributed by atoms with Gasteiger partial charge in [-0.1, -0.05) is 23.7 Å². The lowest BCUT2D eigenvalue weighted by molar-refractivity contribution is -0.138. The summed E-state index contributed by atoms with van der Waals surface area (Å²) in [6.07, 6.45) is -3.39. The number of pyridine rings is 1. The molecule has 0 aliphatic carbocycles. The molecule has 1 fully saturated rings. The van der Waals surface area contributed by atoms with Crippen LogP contribution in [0, 0.1) is 11.3 Å². The molecule has 7 nitrogen and oxygen atoms in total. The number of carbonyl (C=O) groups is 2. The first-order valence-corrected chi connectivity index (χ1v) is 11.8. The third-order valence-corrected chi connectivity index (χ3v) is 6.82. The highest BCUT2D eigenvalue weighted by Gasteiger charge is 2.41. The average molecular weight is 543 g/mol. The number of likely N-dealkylation sites (tertiary alicyclic amines) is 1. The van der Waals surface area contributed by atoms with E-state index < -0.39 is 23.7 Å². The van der Waals surface area contributed by atoms with Crippen LogP contribution >= 0.6 is 11.6 Å². The molecule has 2 atom stereocenters.